The number of aromatic nitrogens is 2. The van der Waals surface area contributed by atoms with Gasteiger partial charge in [-0.05, 0) is 42.8 Å². The summed E-state index contributed by atoms with van der Waals surface area (Å²) in [6, 6.07) is 6.01. The van der Waals surface area contributed by atoms with Crippen LogP contribution in [0, 0.1) is 12.7 Å². The second kappa shape index (κ2) is 4.45. The lowest BCUT2D eigenvalue weighted by Crippen LogP contribution is -1.98. The van der Waals surface area contributed by atoms with E-state index in [1.54, 1.807) is 18.3 Å². The normalized spacial score (nSPS) is 10.2. The number of aryl methyl sites for hydroxylation is 1. The van der Waals surface area contributed by atoms with Crippen LogP contribution in [0.2, 0.25) is 5.28 Å². The molecule has 2 rings (SSSR count). The van der Waals surface area contributed by atoms with Crippen molar-refractivity contribution in [3.63, 3.8) is 0 Å². The van der Waals surface area contributed by atoms with E-state index in [0.717, 1.165) is 11.3 Å². The Kier molecular flexibility index (Phi) is 3.01. The molecular formula is C11H9ClFN3. The SMILES string of the molecule is Cc1cnc(Cl)nc1Nc1ccc(F)cc1. The van der Waals surface area contributed by atoms with Gasteiger partial charge in [-0.25, -0.2) is 14.4 Å². The van der Waals surface area contributed by atoms with Crippen LogP contribution in [0.1, 0.15) is 5.56 Å². The van der Waals surface area contributed by atoms with Crippen LogP contribution in [-0.4, -0.2) is 9.97 Å². The molecule has 82 valence electrons. The summed E-state index contributed by atoms with van der Waals surface area (Å²) in [5, 5.41) is 3.21. The van der Waals surface area contributed by atoms with Crippen LogP contribution in [-0.2, 0) is 0 Å². The predicted molar refractivity (Wildman–Crippen MR) is 61.5 cm³/mol. The topological polar surface area (TPSA) is 37.8 Å². The van der Waals surface area contributed by atoms with Crippen LogP contribution in [0.3, 0.4) is 0 Å². The van der Waals surface area contributed by atoms with Crippen molar-refractivity contribution in [3.8, 4) is 0 Å². The van der Waals surface area contributed by atoms with Crippen molar-refractivity contribution in [2.75, 3.05) is 5.32 Å². The highest BCUT2D eigenvalue weighted by Gasteiger charge is 2.02. The summed E-state index contributed by atoms with van der Waals surface area (Å²) in [7, 11) is 0. The number of nitrogens with one attached hydrogen (secondary N) is 1. The Morgan fingerprint density at radius 3 is 2.62 bits per heavy atom. The highest BCUT2D eigenvalue weighted by Crippen LogP contribution is 2.19. The lowest BCUT2D eigenvalue weighted by atomic mass is 10.3. The maximum Gasteiger partial charge on any atom is 0.224 e. The molecule has 0 radical (unpaired) electrons. The first-order valence-electron chi connectivity index (χ1n) is 4.67. The van der Waals surface area contributed by atoms with Crippen molar-refractivity contribution < 1.29 is 4.39 Å². The van der Waals surface area contributed by atoms with Crippen LogP contribution in [0.4, 0.5) is 15.9 Å². The number of anilines is 2. The van der Waals surface area contributed by atoms with Gasteiger partial charge >= 0.3 is 0 Å². The van der Waals surface area contributed by atoms with Crippen LogP contribution < -0.4 is 5.32 Å². The summed E-state index contributed by atoms with van der Waals surface area (Å²) in [5.41, 5.74) is 1.62. The van der Waals surface area contributed by atoms with E-state index in [1.165, 1.54) is 12.1 Å². The highest BCUT2D eigenvalue weighted by molar-refractivity contribution is 6.28. The predicted octanol–water partition coefficient (Wildman–Crippen LogP) is 3.32. The van der Waals surface area contributed by atoms with Gasteiger partial charge in [0, 0.05) is 17.4 Å². The van der Waals surface area contributed by atoms with Gasteiger partial charge in [-0.3, -0.25) is 0 Å². The summed E-state index contributed by atoms with van der Waals surface area (Å²) < 4.78 is 12.7. The summed E-state index contributed by atoms with van der Waals surface area (Å²) in [6.45, 7) is 1.86. The molecule has 5 heteroatoms. The number of hydrogen-bond donors (Lipinski definition) is 1. The molecule has 1 aromatic heterocycles. The Morgan fingerprint density at radius 1 is 1.25 bits per heavy atom. The quantitative estimate of drug-likeness (QED) is 0.815. The van der Waals surface area contributed by atoms with Gasteiger partial charge in [0.05, 0.1) is 0 Å². The zero-order valence-electron chi connectivity index (χ0n) is 8.54. The van der Waals surface area contributed by atoms with Gasteiger partial charge in [0.15, 0.2) is 0 Å². The van der Waals surface area contributed by atoms with E-state index in [-0.39, 0.29) is 11.1 Å². The molecule has 0 unspecified atom stereocenters. The molecule has 0 aliphatic heterocycles. The number of hydrogen-bond acceptors (Lipinski definition) is 3. The average Bonchev–Trinajstić information content (AvgIpc) is 2.27. The van der Waals surface area contributed by atoms with E-state index < -0.39 is 0 Å². The second-order valence-corrected chi connectivity index (χ2v) is 3.64. The zero-order chi connectivity index (χ0) is 11.5. The van der Waals surface area contributed by atoms with Gasteiger partial charge in [0.1, 0.15) is 11.6 Å². The van der Waals surface area contributed by atoms with E-state index in [9.17, 15) is 4.39 Å². The van der Waals surface area contributed by atoms with Crippen LogP contribution in [0.5, 0.6) is 0 Å². The fourth-order valence-electron chi connectivity index (χ4n) is 1.22. The molecule has 0 saturated carbocycles. The van der Waals surface area contributed by atoms with E-state index >= 15 is 0 Å². The van der Waals surface area contributed by atoms with E-state index in [1.807, 2.05) is 6.92 Å². The fourth-order valence-corrected chi connectivity index (χ4v) is 1.35. The van der Waals surface area contributed by atoms with Gasteiger partial charge in [0.2, 0.25) is 5.28 Å². The molecule has 0 aliphatic carbocycles. The van der Waals surface area contributed by atoms with Crippen molar-refractivity contribution in [2.45, 2.75) is 6.92 Å². The van der Waals surface area contributed by atoms with Crippen molar-refractivity contribution in [3.05, 3.63) is 47.1 Å². The molecule has 0 saturated heterocycles. The molecule has 0 bridgehead atoms. The Morgan fingerprint density at radius 2 is 1.94 bits per heavy atom. The van der Waals surface area contributed by atoms with Gasteiger partial charge < -0.3 is 5.32 Å². The monoisotopic (exact) mass is 237 g/mol. The minimum absolute atomic E-state index is 0.176. The van der Waals surface area contributed by atoms with Crippen LogP contribution >= 0.6 is 11.6 Å². The van der Waals surface area contributed by atoms with E-state index in [4.69, 9.17) is 11.6 Å². The average molecular weight is 238 g/mol. The molecule has 0 atom stereocenters. The van der Waals surface area contributed by atoms with Crippen LogP contribution in [0.25, 0.3) is 0 Å². The molecule has 3 nitrogen and oxygen atoms in total. The summed E-state index contributed by atoms with van der Waals surface area (Å²) in [4.78, 5) is 7.89. The molecule has 1 N–H and O–H groups in total. The van der Waals surface area contributed by atoms with Crippen molar-refractivity contribution in [1.29, 1.82) is 0 Å². The maximum absolute atomic E-state index is 12.7. The smallest absolute Gasteiger partial charge is 0.224 e. The number of rotatable bonds is 2. The third-order valence-corrected chi connectivity index (χ3v) is 2.23. The van der Waals surface area contributed by atoms with Crippen molar-refractivity contribution in [1.82, 2.24) is 9.97 Å². The largest absolute Gasteiger partial charge is 0.340 e. The van der Waals surface area contributed by atoms with Gasteiger partial charge in [-0.2, -0.15) is 0 Å². The third-order valence-electron chi connectivity index (χ3n) is 2.05. The molecule has 0 amide bonds. The number of halogens is 2. The number of benzene rings is 1. The van der Waals surface area contributed by atoms with Gasteiger partial charge in [0.25, 0.3) is 0 Å². The summed E-state index contributed by atoms with van der Waals surface area (Å²) >= 11 is 5.69. The lowest BCUT2D eigenvalue weighted by molar-refractivity contribution is 0.628. The fraction of sp³-hybridized carbons (Fsp3) is 0.0909. The molecular weight excluding hydrogens is 229 g/mol. The summed E-state index contributed by atoms with van der Waals surface area (Å²) in [6.07, 6.45) is 1.63. The molecule has 1 heterocycles. The van der Waals surface area contributed by atoms with Crippen molar-refractivity contribution in [2.24, 2.45) is 0 Å². The minimum Gasteiger partial charge on any atom is -0.340 e. The summed E-state index contributed by atoms with van der Waals surface area (Å²) in [5.74, 6) is 0.342. The Balaban J connectivity index is 2.26. The Bertz CT molecular complexity index is 499. The van der Waals surface area contributed by atoms with E-state index in [0.29, 0.717) is 5.82 Å². The van der Waals surface area contributed by atoms with Gasteiger partial charge in [-0.15, -0.1) is 0 Å². The maximum atomic E-state index is 12.7. The van der Waals surface area contributed by atoms with E-state index in [2.05, 4.69) is 15.3 Å². The molecule has 16 heavy (non-hydrogen) atoms. The van der Waals surface area contributed by atoms with Crippen LogP contribution in [0.15, 0.2) is 30.5 Å². The Labute approximate surface area is 97.3 Å². The first-order valence-corrected chi connectivity index (χ1v) is 5.04. The number of nitrogens with zero attached hydrogens (tertiary/aromatic N) is 2. The lowest BCUT2D eigenvalue weighted by Gasteiger charge is -2.07. The van der Waals surface area contributed by atoms with Crippen molar-refractivity contribution >= 4 is 23.1 Å². The molecule has 1 aromatic carbocycles. The van der Waals surface area contributed by atoms with Gasteiger partial charge in [-0.1, -0.05) is 0 Å². The third kappa shape index (κ3) is 2.46. The first-order chi connectivity index (χ1) is 7.65. The molecule has 0 fully saturated rings. The second-order valence-electron chi connectivity index (χ2n) is 3.30. The standard InChI is InChI=1S/C11H9ClFN3/c1-7-6-14-11(12)16-10(7)15-9-4-2-8(13)3-5-9/h2-6H,1H3,(H,14,15,16). The molecule has 0 aliphatic rings. The molecule has 2 aromatic rings. The Hall–Kier alpha value is -1.68. The minimum atomic E-state index is -0.275. The first kappa shape index (κ1) is 10.8. The molecule has 0 spiro atoms. The zero-order valence-corrected chi connectivity index (χ0v) is 9.29. The highest BCUT2D eigenvalue weighted by atomic mass is 35.5.